The van der Waals surface area contributed by atoms with Crippen LogP contribution in [0.1, 0.15) is 22.8 Å². The van der Waals surface area contributed by atoms with Gasteiger partial charge in [0.05, 0.1) is 30.4 Å². The monoisotopic (exact) mass is 390 g/mol. The second kappa shape index (κ2) is 7.78. The van der Waals surface area contributed by atoms with E-state index in [2.05, 4.69) is 4.98 Å². The molecule has 4 rings (SSSR count). The molecule has 0 aliphatic heterocycles. The van der Waals surface area contributed by atoms with Gasteiger partial charge in [-0.1, -0.05) is 42.5 Å². The third-order valence-electron chi connectivity index (χ3n) is 4.44. The predicted octanol–water partition coefficient (Wildman–Crippen LogP) is 4.35. The molecule has 0 spiro atoms. The number of rotatable bonds is 5. The minimum absolute atomic E-state index is 0.0911. The number of esters is 1. The van der Waals surface area contributed by atoms with Crippen LogP contribution in [0.25, 0.3) is 21.3 Å². The van der Waals surface area contributed by atoms with E-state index in [0.29, 0.717) is 24.1 Å². The van der Waals surface area contributed by atoms with Gasteiger partial charge in [-0.05, 0) is 30.2 Å². The summed E-state index contributed by atoms with van der Waals surface area (Å²) in [6.45, 7) is 2.43. The smallest absolute Gasteiger partial charge is 0.338 e. The van der Waals surface area contributed by atoms with Gasteiger partial charge in [0.25, 0.3) is 5.56 Å². The van der Waals surface area contributed by atoms with Gasteiger partial charge in [0.15, 0.2) is 0 Å². The van der Waals surface area contributed by atoms with E-state index in [4.69, 9.17) is 4.74 Å². The first-order valence-corrected chi connectivity index (χ1v) is 9.83. The average Bonchev–Trinajstić information content (AvgIpc) is 3.16. The normalized spacial score (nSPS) is 10.9. The number of thiophene rings is 1. The number of ether oxygens (including phenoxy) is 1. The Morgan fingerprint density at radius 1 is 1.14 bits per heavy atom. The summed E-state index contributed by atoms with van der Waals surface area (Å²) >= 11 is 1.46. The van der Waals surface area contributed by atoms with Crippen molar-refractivity contribution in [1.29, 1.82) is 0 Å². The van der Waals surface area contributed by atoms with Gasteiger partial charge < -0.3 is 4.74 Å². The van der Waals surface area contributed by atoms with Gasteiger partial charge in [-0.15, -0.1) is 11.3 Å². The van der Waals surface area contributed by atoms with Gasteiger partial charge in [-0.25, -0.2) is 9.78 Å². The van der Waals surface area contributed by atoms with E-state index in [-0.39, 0.29) is 11.5 Å². The fourth-order valence-corrected chi connectivity index (χ4v) is 4.02. The van der Waals surface area contributed by atoms with Crippen molar-refractivity contribution >= 4 is 27.5 Å². The Morgan fingerprint density at radius 3 is 2.75 bits per heavy atom. The fraction of sp³-hybridized carbons (Fsp3) is 0.136. The SMILES string of the molecule is CCOC(=O)c1cccc(Cn2cnc3scc(-c4ccccc4)c3c2=O)c1. The van der Waals surface area contributed by atoms with Crippen LogP contribution in [0.4, 0.5) is 0 Å². The second-order valence-electron chi connectivity index (χ2n) is 6.29. The minimum atomic E-state index is -0.366. The molecule has 2 aromatic heterocycles. The molecule has 0 amide bonds. The largest absolute Gasteiger partial charge is 0.462 e. The first kappa shape index (κ1) is 18.1. The molecule has 0 radical (unpaired) electrons. The van der Waals surface area contributed by atoms with Crippen molar-refractivity contribution < 1.29 is 9.53 Å². The van der Waals surface area contributed by atoms with E-state index < -0.39 is 0 Å². The molecule has 0 saturated heterocycles. The quantitative estimate of drug-likeness (QED) is 0.475. The summed E-state index contributed by atoms with van der Waals surface area (Å²) in [5.74, 6) is -0.366. The summed E-state index contributed by atoms with van der Waals surface area (Å²) in [6.07, 6.45) is 1.56. The molecule has 0 aliphatic rings. The summed E-state index contributed by atoms with van der Waals surface area (Å²) in [5, 5.41) is 2.60. The third kappa shape index (κ3) is 3.46. The first-order valence-electron chi connectivity index (χ1n) is 8.95. The Labute approximate surface area is 165 Å². The van der Waals surface area contributed by atoms with Crippen LogP contribution in [-0.4, -0.2) is 22.1 Å². The van der Waals surface area contributed by atoms with E-state index in [1.165, 1.54) is 11.3 Å². The van der Waals surface area contributed by atoms with Crippen molar-refractivity contribution in [1.82, 2.24) is 9.55 Å². The lowest BCUT2D eigenvalue weighted by Crippen LogP contribution is -2.21. The van der Waals surface area contributed by atoms with Crippen LogP contribution < -0.4 is 5.56 Å². The molecule has 0 N–H and O–H groups in total. The highest BCUT2D eigenvalue weighted by Crippen LogP contribution is 2.30. The Bertz CT molecular complexity index is 1200. The highest BCUT2D eigenvalue weighted by Gasteiger charge is 2.14. The molecule has 140 valence electrons. The van der Waals surface area contributed by atoms with Gasteiger partial charge in [0.1, 0.15) is 4.83 Å². The summed E-state index contributed by atoms with van der Waals surface area (Å²) in [6, 6.07) is 17.0. The van der Waals surface area contributed by atoms with Crippen LogP contribution in [0.2, 0.25) is 0 Å². The predicted molar refractivity (Wildman–Crippen MR) is 111 cm³/mol. The number of carbonyl (C=O) groups is 1. The van der Waals surface area contributed by atoms with Crippen LogP contribution in [0.5, 0.6) is 0 Å². The van der Waals surface area contributed by atoms with E-state index >= 15 is 0 Å². The Kier molecular flexibility index (Phi) is 5.04. The van der Waals surface area contributed by atoms with Gasteiger partial charge in [-0.2, -0.15) is 0 Å². The van der Waals surface area contributed by atoms with Gasteiger partial charge in [0.2, 0.25) is 0 Å². The van der Waals surface area contributed by atoms with Crippen LogP contribution in [0.15, 0.2) is 71.1 Å². The molecule has 6 heteroatoms. The molecule has 0 unspecified atom stereocenters. The van der Waals surface area contributed by atoms with Crippen molar-refractivity contribution in [2.24, 2.45) is 0 Å². The van der Waals surface area contributed by atoms with Crippen molar-refractivity contribution in [3.8, 4) is 11.1 Å². The zero-order valence-electron chi connectivity index (χ0n) is 15.3. The van der Waals surface area contributed by atoms with Crippen LogP contribution in [0.3, 0.4) is 0 Å². The summed E-state index contributed by atoms with van der Waals surface area (Å²) in [5.41, 5.74) is 3.11. The van der Waals surface area contributed by atoms with Crippen molar-refractivity contribution in [3.05, 3.63) is 87.8 Å². The molecule has 4 aromatic rings. The van der Waals surface area contributed by atoms with E-state index in [1.54, 1.807) is 36.0 Å². The molecule has 0 bridgehead atoms. The number of benzene rings is 2. The molecule has 2 heterocycles. The van der Waals surface area contributed by atoms with Crippen molar-refractivity contribution in [2.75, 3.05) is 6.61 Å². The zero-order valence-corrected chi connectivity index (χ0v) is 16.1. The first-order chi connectivity index (χ1) is 13.7. The number of fused-ring (bicyclic) bond motifs is 1. The highest BCUT2D eigenvalue weighted by atomic mass is 32.1. The number of hydrogen-bond donors (Lipinski definition) is 0. The maximum atomic E-state index is 13.1. The molecule has 0 saturated carbocycles. The second-order valence-corrected chi connectivity index (χ2v) is 7.15. The molecule has 0 atom stereocenters. The van der Waals surface area contributed by atoms with Gasteiger partial charge >= 0.3 is 5.97 Å². The molecule has 2 aromatic carbocycles. The standard InChI is InChI=1S/C22H18N2O3S/c1-2-27-22(26)17-10-6-7-15(11-17)12-24-14-23-20-19(21(24)25)18(13-28-20)16-8-4-3-5-9-16/h3-11,13-14H,2,12H2,1H3. The molecule has 0 fully saturated rings. The van der Waals surface area contributed by atoms with Crippen LogP contribution in [-0.2, 0) is 11.3 Å². The zero-order chi connectivity index (χ0) is 19.5. The van der Waals surface area contributed by atoms with Gasteiger partial charge in [-0.3, -0.25) is 9.36 Å². The number of nitrogens with zero attached hydrogens (tertiary/aromatic N) is 2. The van der Waals surface area contributed by atoms with E-state index in [1.807, 2.05) is 41.8 Å². The van der Waals surface area contributed by atoms with Gasteiger partial charge in [0, 0.05) is 10.9 Å². The summed E-state index contributed by atoms with van der Waals surface area (Å²) < 4.78 is 6.63. The van der Waals surface area contributed by atoms with Crippen molar-refractivity contribution in [2.45, 2.75) is 13.5 Å². The summed E-state index contributed by atoms with van der Waals surface area (Å²) in [4.78, 5) is 30.3. The fourth-order valence-electron chi connectivity index (χ4n) is 3.12. The topological polar surface area (TPSA) is 61.2 Å². The Morgan fingerprint density at radius 2 is 1.96 bits per heavy atom. The lowest BCUT2D eigenvalue weighted by molar-refractivity contribution is 0.0526. The third-order valence-corrected chi connectivity index (χ3v) is 5.32. The van der Waals surface area contributed by atoms with Crippen LogP contribution in [0, 0.1) is 0 Å². The highest BCUT2D eigenvalue weighted by molar-refractivity contribution is 7.17. The van der Waals surface area contributed by atoms with Crippen molar-refractivity contribution in [3.63, 3.8) is 0 Å². The van der Waals surface area contributed by atoms with E-state index in [9.17, 15) is 9.59 Å². The number of aromatic nitrogens is 2. The molecular weight excluding hydrogens is 372 g/mol. The Hall–Kier alpha value is -3.25. The molecule has 5 nitrogen and oxygen atoms in total. The number of carbonyl (C=O) groups excluding carboxylic acids is 1. The van der Waals surface area contributed by atoms with Crippen LogP contribution >= 0.6 is 11.3 Å². The maximum absolute atomic E-state index is 13.1. The molecule has 28 heavy (non-hydrogen) atoms. The Balaban J connectivity index is 1.73. The molecule has 0 aliphatic carbocycles. The minimum Gasteiger partial charge on any atom is -0.462 e. The number of hydrogen-bond acceptors (Lipinski definition) is 5. The lowest BCUT2D eigenvalue weighted by atomic mass is 10.1. The molecular formula is C22H18N2O3S. The average molecular weight is 390 g/mol. The van der Waals surface area contributed by atoms with E-state index in [0.717, 1.165) is 21.5 Å². The lowest BCUT2D eigenvalue weighted by Gasteiger charge is -2.08. The summed E-state index contributed by atoms with van der Waals surface area (Å²) in [7, 11) is 0. The maximum Gasteiger partial charge on any atom is 0.338 e.